The zero-order valence-corrected chi connectivity index (χ0v) is 17.7. The molecule has 0 amide bonds. The van der Waals surface area contributed by atoms with E-state index in [1.165, 1.54) is 12.8 Å². The minimum absolute atomic E-state index is 0.182. The summed E-state index contributed by atoms with van der Waals surface area (Å²) in [5.74, 6) is 2.29. The Morgan fingerprint density at radius 2 is 1.96 bits per heavy atom. The van der Waals surface area contributed by atoms with Crippen LogP contribution in [0.5, 0.6) is 5.75 Å². The van der Waals surface area contributed by atoms with Crippen LogP contribution in [-0.4, -0.2) is 35.4 Å². The molecule has 3 aliphatic carbocycles. The quantitative estimate of drug-likeness (QED) is 0.823. The summed E-state index contributed by atoms with van der Waals surface area (Å²) >= 11 is 0. The summed E-state index contributed by atoms with van der Waals surface area (Å²) in [5.41, 5.74) is 2.20. The Morgan fingerprint density at radius 1 is 1.21 bits per heavy atom. The van der Waals surface area contributed by atoms with Gasteiger partial charge in [-0.1, -0.05) is 20.8 Å². The second-order valence-electron chi connectivity index (χ2n) is 9.71. The highest BCUT2D eigenvalue weighted by Gasteiger charge is 2.62. The second-order valence-corrected chi connectivity index (χ2v) is 11.5. The molecule has 7 nitrogen and oxygen atoms in total. The van der Waals surface area contributed by atoms with Gasteiger partial charge in [-0.05, 0) is 49.4 Å². The first kappa shape index (κ1) is 18.2. The topological polar surface area (TPSA) is 85.6 Å². The lowest BCUT2D eigenvalue weighted by atomic mass is 9.70. The van der Waals surface area contributed by atoms with Crippen LogP contribution in [-0.2, 0) is 10.0 Å². The molecule has 1 N–H and O–H groups in total. The number of rotatable bonds is 5. The van der Waals surface area contributed by atoms with E-state index in [1.807, 2.05) is 12.3 Å². The normalized spacial score (nSPS) is 31.4. The van der Waals surface area contributed by atoms with Crippen LogP contribution in [0.15, 0.2) is 12.3 Å². The molecule has 2 bridgehead atoms. The summed E-state index contributed by atoms with van der Waals surface area (Å²) in [7, 11) is -3.42. The third-order valence-electron chi connectivity index (χ3n) is 7.81. The third-order valence-corrected chi connectivity index (χ3v) is 8.37. The maximum Gasteiger partial charge on any atom is 0.242 e. The molecule has 0 unspecified atom stereocenters. The molecule has 0 radical (unpaired) electrons. The summed E-state index contributed by atoms with van der Waals surface area (Å²) in [4.78, 5) is 0. The van der Waals surface area contributed by atoms with Crippen molar-refractivity contribution in [2.75, 3.05) is 11.0 Å². The van der Waals surface area contributed by atoms with Crippen LogP contribution in [0.2, 0.25) is 0 Å². The number of anilines is 1. The Labute approximate surface area is 165 Å². The minimum Gasteiger partial charge on any atom is -0.489 e. The molecule has 0 aliphatic heterocycles. The lowest BCUT2D eigenvalue weighted by Gasteiger charge is -2.39. The summed E-state index contributed by atoms with van der Waals surface area (Å²) in [5, 5.41) is 8.18. The van der Waals surface area contributed by atoms with Gasteiger partial charge in [-0.25, -0.2) is 8.42 Å². The number of nitrogens with zero attached hydrogens (tertiary/aromatic N) is 3. The number of pyridine rings is 1. The van der Waals surface area contributed by atoms with Gasteiger partial charge in [0.1, 0.15) is 11.9 Å². The summed E-state index contributed by atoms with van der Waals surface area (Å²) in [6.45, 7) is 7.16. The smallest absolute Gasteiger partial charge is 0.242 e. The number of nitrogens with one attached hydrogen (secondary N) is 1. The minimum atomic E-state index is -3.42. The third kappa shape index (κ3) is 2.64. The highest BCUT2D eigenvalue weighted by atomic mass is 32.2. The van der Waals surface area contributed by atoms with Crippen molar-refractivity contribution in [1.82, 2.24) is 14.6 Å². The molecule has 2 aromatic rings. The van der Waals surface area contributed by atoms with E-state index in [-0.39, 0.29) is 17.5 Å². The maximum absolute atomic E-state index is 11.6. The summed E-state index contributed by atoms with van der Waals surface area (Å²) in [6, 6.07) is 1.93. The van der Waals surface area contributed by atoms with Gasteiger partial charge >= 0.3 is 0 Å². The van der Waals surface area contributed by atoms with Gasteiger partial charge in [-0.3, -0.25) is 9.12 Å². The van der Waals surface area contributed by atoms with Crippen LogP contribution in [0.1, 0.15) is 64.4 Å². The van der Waals surface area contributed by atoms with Gasteiger partial charge in [0.05, 0.1) is 6.26 Å². The zero-order valence-electron chi connectivity index (χ0n) is 16.9. The SMILES string of the molecule is CC1(C)[C@@H]2CC[C@]1(C)[C@H](Oc1cc3nnc(NS(C)(=O)=O)n3cc1C1CC1)C2. The number of hydrogen-bond donors (Lipinski definition) is 1. The molecule has 3 aliphatic rings. The van der Waals surface area contributed by atoms with E-state index < -0.39 is 10.0 Å². The lowest BCUT2D eigenvalue weighted by Crippen LogP contribution is -2.39. The number of fused-ring (bicyclic) bond motifs is 3. The van der Waals surface area contributed by atoms with Crippen LogP contribution in [0.3, 0.4) is 0 Å². The molecule has 0 saturated heterocycles. The number of aromatic nitrogens is 3. The monoisotopic (exact) mass is 404 g/mol. The Hall–Kier alpha value is -1.83. The Morgan fingerprint density at radius 3 is 2.54 bits per heavy atom. The van der Waals surface area contributed by atoms with Crippen molar-refractivity contribution in [2.45, 2.75) is 64.9 Å². The molecule has 2 heterocycles. The van der Waals surface area contributed by atoms with Crippen LogP contribution in [0.25, 0.3) is 5.65 Å². The van der Waals surface area contributed by atoms with E-state index in [2.05, 4.69) is 35.7 Å². The molecular formula is C20H28N4O3S. The van der Waals surface area contributed by atoms with Gasteiger partial charge in [0.2, 0.25) is 16.0 Å². The van der Waals surface area contributed by atoms with E-state index in [0.29, 0.717) is 22.9 Å². The van der Waals surface area contributed by atoms with Crippen molar-refractivity contribution in [3.63, 3.8) is 0 Å². The first-order valence-corrected chi connectivity index (χ1v) is 12.0. The highest BCUT2D eigenvalue weighted by molar-refractivity contribution is 7.91. The molecule has 3 saturated carbocycles. The lowest BCUT2D eigenvalue weighted by molar-refractivity contribution is 0.0296. The Balaban J connectivity index is 1.53. The fourth-order valence-corrected chi connectivity index (χ4v) is 5.90. The Bertz CT molecular complexity index is 1060. The average molecular weight is 405 g/mol. The number of hydrogen-bond acceptors (Lipinski definition) is 5. The van der Waals surface area contributed by atoms with Crippen molar-refractivity contribution in [3.8, 4) is 5.75 Å². The van der Waals surface area contributed by atoms with Crippen molar-refractivity contribution in [2.24, 2.45) is 16.7 Å². The summed E-state index contributed by atoms with van der Waals surface area (Å²) in [6.07, 6.45) is 9.15. The molecule has 8 heteroatoms. The van der Waals surface area contributed by atoms with Crippen LogP contribution >= 0.6 is 0 Å². The number of ether oxygens (including phenoxy) is 1. The predicted octanol–water partition coefficient (Wildman–Crippen LogP) is 3.57. The first-order chi connectivity index (χ1) is 13.1. The fraction of sp³-hybridized carbons (Fsp3) is 0.700. The molecular weight excluding hydrogens is 376 g/mol. The molecule has 28 heavy (non-hydrogen) atoms. The van der Waals surface area contributed by atoms with Gasteiger partial charge in [0.15, 0.2) is 5.65 Å². The second kappa shape index (κ2) is 5.62. The van der Waals surface area contributed by atoms with Crippen molar-refractivity contribution >= 4 is 21.6 Å². The average Bonchev–Trinajstić information content (AvgIpc) is 3.30. The van der Waals surface area contributed by atoms with Crippen molar-refractivity contribution < 1.29 is 13.2 Å². The van der Waals surface area contributed by atoms with Crippen LogP contribution in [0, 0.1) is 16.7 Å². The predicted molar refractivity (Wildman–Crippen MR) is 107 cm³/mol. The van der Waals surface area contributed by atoms with E-state index >= 15 is 0 Å². The van der Waals surface area contributed by atoms with Crippen LogP contribution in [0.4, 0.5) is 5.95 Å². The molecule has 0 aromatic carbocycles. The van der Waals surface area contributed by atoms with Gasteiger partial charge in [0, 0.05) is 23.2 Å². The number of sulfonamides is 1. The van der Waals surface area contributed by atoms with E-state index in [9.17, 15) is 8.42 Å². The first-order valence-electron chi connectivity index (χ1n) is 10.1. The standard InChI is InChI=1S/C20H28N4O3S/c1-19(2)13-7-8-20(19,3)16(9-13)27-15-10-17-21-22-18(23-28(4,25)26)24(17)11-14(15)12-5-6-12/h10-13,16H,5-9H2,1-4H3,(H,22,23)/t13-,16-,20-/m1/s1. The van der Waals surface area contributed by atoms with Gasteiger partial charge in [0.25, 0.3) is 0 Å². The van der Waals surface area contributed by atoms with Gasteiger partial charge in [-0.2, -0.15) is 0 Å². The zero-order chi connectivity index (χ0) is 19.9. The highest BCUT2D eigenvalue weighted by Crippen LogP contribution is 2.66. The molecule has 5 rings (SSSR count). The van der Waals surface area contributed by atoms with E-state index in [1.54, 1.807) is 4.40 Å². The molecule has 3 fully saturated rings. The van der Waals surface area contributed by atoms with Gasteiger partial charge in [-0.15, -0.1) is 10.2 Å². The summed E-state index contributed by atoms with van der Waals surface area (Å²) < 4.78 is 34.1. The molecule has 2 aromatic heterocycles. The van der Waals surface area contributed by atoms with E-state index in [0.717, 1.165) is 36.8 Å². The maximum atomic E-state index is 11.6. The van der Waals surface area contributed by atoms with Crippen LogP contribution < -0.4 is 9.46 Å². The molecule has 0 spiro atoms. The van der Waals surface area contributed by atoms with Gasteiger partial charge < -0.3 is 4.74 Å². The Kier molecular flexibility index (Phi) is 3.65. The molecule has 3 atom stereocenters. The van der Waals surface area contributed by atoms with Crippen molar-refractivity contribution in [1.29, 1.82) is 0 Å². The molecule has 152 valence electrons. The van der Waals surface area contributed by atoms with Crippen molar-refractivity contribution in [3.05, 3.63) is 17.8 Å². The van der Waals surface area contributed by atoms with E-state index in [4.69, 9.17) is 4.74 Å². The largest absolute Gasteiger partial charge is 0.489 e. The fourth-order valence-electron chi connectivity index (χ4n) is 5.43.